The summed E-state index contributed by atoms with van der Waals surface area (Å²) >= 11 is 0. The van der Waals surface area contributed by atoms with E-state index >= 15 is 0 Å². The van der Waals surface area contributed by atoms with E-state index in [0.717, 1.165) is 25.2 Å². The second-order valence-electron chi connectivity index (χ2n) is 6.01. The van der Waals surface area contributed by atoms with Crippen LogP contribution in [0.25, 0.3) is 0 Å². The van der Waals surface area contributed by atoms with Gasteiger partial charge in [-0.15, -0.1) is 0 Å². The highest BCUT2D eigenvalue weighted by atomic mass is 16.2. The third kappa shape index (κ3) is 2.43. The van der Waals surface area contributed by atoms with Crippen LogP contribution in [0.1, 0.15) is 44.3 Å². The molecule has 2 aliphatic rings. The van der Waals surface area contributed by atoms with Crippen LogP contribution >= 0.6 is 0 Å². The lowest BCUT2D eigenvalue weighted by Gasteiger charge is -2.15. The van der Waals surface area contributed by atoms with Gasteiger partial charge >= 0.3 is 0 Å². The topological polar surface area (TPSA) is 62.3 Å². The van der Waals surface area contributed by atoms with Crippen LogP contribution in [-0.2, 0) is 6.54 Å². The number of carbonyl (C=O) groups is 2. The predicted molar refractivity (Wildman–Crippen MR) is 85.1 cm³/mol. The van der Waals surface area contributed by atoms with Crippen LogP contribution in [0.5, 0.6) is 0 Å². The number of fused-ring (bicyclic) bond motifs is 1. The van der Waals surface area contributed by atoms with Crippen molar-refractivity contribution in [3.05, 3.63) is 65.0 Å². The average molecular weight is 307 g/mol. The van der Waals surface area contributed by atoms with Crippen LogP contribution in [0.3, 0.4) is 0 Å². The van der Waals surface area contributed by atoms with E-state index < -0.39 is 0 Å². The number of nitrogens with zero attached hydrogens (tertiary/aromatic N) is 2. The first-order chi connectivity index (χ1) is 11.2. The lowest BCUT2D eigenvalue weighted by atomic mass is 9.99. The van der Waals surface area contributed by atoms with Gasteiger partial charge in [0.05, 0.1) is 23.4 Å². The SMILES string of the molecule is O=C1c2ccccc2C(=O)N1Cc1cc(C2CCNC2)ccn1. The fraction of sp³-hybridized carbons (Fsp3) is 0.278. The molecule has 5 heteroatoms. The molecule has 116 valence electrons. The molecule has 0 spiro atoms. The number of benzene rings is 1. The van der Waals surface area contributed by atoms with Crippen molar-refractivity contribution in [2.45, 2.75) is 18.9 Å². The number of carbonyl (C=O) groups excluding carboxylic acids is 2. The molecule has 23 heavy (non-hydrogen) atoms. The maximum atomic E-state index is 12.4. The lowest BCUT2D eigenvalue weighted by Crippen LogP contribution is -2.29. The minimum Gasteiger partial charge on any atom is -0.316 e. The summed E-state index contributed by atoms with van der Waals surface area (Å²) in [6.45, 7) is 2.22. The smallest absolute Gasteiger partial charge is 0.261 e. The van der Waals surface area contributed by atoms with E-state index in [-0.39, 0.29) is 18.4 Å². The molecule has 0 radical (unpaired) electrons. The summed E-state index contributed by atoms with van der Waals surface area (Å²) in [5.41, 5.74) is 2.93. The van der Waals surface area contributed by atoms with Crippen molar-refractivity contribution in [1.82, 2.24) is 15.2 Å². The highest BCUT2D eigenvalue weighted by molar-refractivity contribution is 6.21. The highest BCUT2D eigenvalue weighted by Crippen LogP contribution is 2.26. The second-order valence-corrected chi connectivity index (χ2v) is 6.01. The van der Waals surface area contributed by atoms with Gasteiger partial charge in [0.1, 0.15) is 0 Å². The van der Waals surface area contributed by atoms with Gasteiger partial charge in [-0.2, -0.15) is 0 Å². The third-order valence-corrected chi connectivity index (χ3v) is 4.57. The summed E-state index contributed by atoms with van der Waals surface area (Å²) in [5, 5.41) is 3.35. The Morgan fingerprint density at radius 1 is 1.13 bits per heavy atom. The molecule has 1 saturated heterocycles. The molecule has 1 fully saturated rings. The number of rotatable bonds is 3. The van der Waals surface area contributed by atoms with Crippen LogP contribution < -0.4 is 5.32 Å². The Bertz CT molecular complexity index is 746. The molecule has 1 atom stereocenters. The molecule has 1 N–H and O–H groups in total. The lowest BCUT2D eigenvalue weighted by molar-refractivity contribution is 0.0640. The Balaban J connectivity index is 1.58. The van der Waals surface area contributed by atoms with Gasteiger partial charge in [0, 0.05) is 12.7 Å². The molecule has 4 rings (SSSR count). The second kappa shape index (κ2) is 5.59. The molecule has 2 amide bonds. The standard InChI is InChI=1S/C18H17N3O2/c22-17-15-3-1-2-4-16(15)18(23)21(17)11-14-9-12(6-8-20-14)13-5-7-19-10-13/h1-4,6,8-9,13,19H,5,7,10-11H2. The summed E-state index contributed by atoms with van der Waals surface area (Å²) in [6, 6.07) is 11.0. The molecule has 1 unspecified atom stereocenters. The van der Waals surface area contributed by atoms with Crippen LogP contribution in [0.2, 0.25) is 0 Å². The van der Waals surface area contributed by atoms with Crippen molar-refractivity contribution in [3.63, 3.8) is 0 Å². The number of hydrogen-bond acceptors (Lipinski definition) is 4. The largest absolute Gasteiger partial charge is 0.316 e. The van der Waals surface area contributed by atoms with Gasteiger partial charge in [-0.1, -0.05) is 12.1 Å². The van der Waals surface area contributed by atoms with Crippen molar-refractivity contribution in [2.75, 3.05) is 13.1 Å². The third-order valence-electron chi connectivity index (χ3n) is 4.57. The van der Waals surface area contributed by atoms with Crippen molar-refractivity contribution < 1.29 is 9.59 Å². The van der Waals surface area contributed by atoms with Gasteiger partial charge in [-0.05, 0) is 48.7 Å². The van der Waals surface area contributed by atoms with Gasteiger partial charge in [-0.25, -0.2) is 0 Å². The summed E-state index contributed by atoms with van der Waals surface area (Å²) < 4.78 is 0. The van der Waals surface area contributed by atoms with Gasteiger partial charge in [-0.3, -0.25) is 19.5 Å². The fourth-order valence-electron chi connectivity index (χ4n) is 3.32. The normalized spacial score (nSPS) is 20.2. The van der Waals surface area contributed by atoms with Crippen molar-refractivity contribution in [2.24, 2.45) is 0 Å². The van der Waals surface area contributed by atoms with E-state index in [4.69, 9.17) is 0 Å². The number of amides is 2. The van der Waals surface area contributed by atoms with Gasteiger partial charge in [0.2, 0.25) is 0 Å². The number of imide groups is 1. The van der Waals surface area contributed by atoms with Crippen LogP contribution in [0, 0.1) is 0 Å². The molecule has 2 aromatic rings. The molecule has 0 saturated carbocycles. The molecule has 1 aromatic heterocycles. The van der Waals surface area contributed by atoms with Crippen LogP contribution in [0.15, 0.2) is 42.6 Å². The Hall–Kier alpha value is -2.53. The molecule has 3 heterocycles. The van der Waals surface area contributed by atoms with Crippen molar-refractivity contribution >= 4 is 11.8 Å². The van der Waals surface area contributed by atoms with Gasteiger partial charge < -0.3 is 5.32 Å². The molecule has 2 aliphatic heterocycles. The van der Waals surface area contributed by atoms with E-state index in [0.29, 0.717) is 17.0 Å². The molecule has 0 bridgehead atoms. The first-order valence-electron chi connectivity index (χ1n) is 7.85. The Kier molecular flexibility index (Phi) is 3.42. The minimum atomic E-state index is -0.236. The Morgan fingerprint density at radius 2 is 1.87 bits per heavy atom. The van der Waals surface area contributed by atoms with Gasteiger partial charge in [0.25, 0.3) is 11.8 Å². The molecule has 0 aliphatic carbocycles. The Labute approximate surface area is 134 Å². The summed E-state index contributed by atoms with van der Waals surface area (Å²) in [5.74, 6) is 0.0135. The van der Waals surface area contributed by atoms with Crippen molar-refractivity contribution in [3.8, 4) is 0 Å². The van der Waals surface area contributed by atoms with E-state index in [2.05, 4.69) is 10.3 Å². The highest BCUT2D eigenvalue weighted by Gasteiger charge is 2.35. The monoisotopic (exact) mass is 307 g/mol. The molecule has 1 aromatic carbocycles. The quantitative estimate of drug-likeness (QED) is 0.881. The number of hydrogen-bond donors (Lipinski definition) is 1. The summed E-state index contributed by atoms with van der Waals surface area (Å²) in [6.07, 6.45) is 2.87. The number of aromatic nitrogens is 1. The number of nitrogens with one attached hydrogen (secondary N) is 1. The fourth-order valence-corrected chi connectivity index (χ4v) is 3.32. The maximum absolute atomic E-state index is 12.4. The number of pyridine rings is 1. The Morgan fingerprint density at radius 3 is 2.52 bits per heavy atom. The van der Waals surface area contributed by atoms with E-state index in [1.54, 1.807) is 30.5 Å². The van der Waals surface area contributed by atoms with E-state index in [9.17, 15) is 9.59 Å². The molecule has 5 nitrogen and oxygen atoms in total. The first kappa shape index (κ1) is 14.1. The first-order valence-corrected chi connectivity index (χ1v) is 7.85. The minimum absolute atomic E-state index is 0.223. The average Bonchev–Trinajstić information content (AvgIpc) is 3.20. The van der Waals surface area contributed by atoms with Crippen molar-refractivity contribution in [1.29, 1.82) is 0 Å². The van der Waals surface area contributed by atoms with Crippen LogP contribution in [0.4, 0.5) is 0 Å². The summed E-state index contributed by atoms with van der Waals surface area (Å²) in [7, 11) is 0. The zero-order chi connectivity index (χ0) is 15.8. The zero-order valence-electron chi connectivity index (χ0n) is 12.7. The maximum Gasteiger partial charge on any atom is 0.261 e. The van der Waals surface area contributed by atoms with Crippen LogP contribution in [-0.4, -0.2) is 34.8 Å². The molecular formula is C18H17N3O2. The molecular weight excluding hydrogens is 290 g/mol. The predicted octanol–water partition coefficient (Wildman–Crippen LogP) is 1.95. The van der Waals surface area contributed by atoms with E-state index in [1.807, 2.05) is 12.1 Å². The van der Waals surface area contributed by atoms with E-state index in [1.165, 1.54) is 10.5 Å². The van der Waals surface area contributed by atoms with Gasteiger partial charge in [0.15, 0.2) is 0 Å². The summed E-state index contributed by atoms with van der Waals surface area (Å²) in [4.78, 5) is 30.5. The zero-order valence-corrected chi connectivity index (χ0v) is 12.7.